The van der Waals surface area contributed by atoms with E-state index in [1.165, 1.54) is 12.7 Å². The number of amides is 1. The summed E-state index contributed by atoms with van der Waals surface area (Å²) in [7, 11) is 1.37. The molecule has 0 bridgehead atoms. The standard InChI is InChI=1S/C16H24N2O3/c1-4-13-7-6-8-14(11-13)17-15(19)12-18(5-2)10-9-16(20)21-3/h6-8,11H,4-5,9-10,12H2,1-3H3,(H,17,19). The second kappa shape index (κ2) is 9.13. The Morgan fingerprint density at radius 1 is 1.29 bits per heavy atom. The molecule has 0 saturated carbocycles. The summed E-state index contributed by atoms with van der Waals surface area (Å²) in [5, 5.41) is 2.89. The van der Waals surface area contributed by atoms with Crippen molar-refractivity contribution in [1.29, 1.82) is 0 Å². The smallest absolute Gasteiger partial charge is 0.306 e. The van der Waals surface area contributed by atoms with Crippen molar-refractivity contribution in [2.45, 2.75) is 26.7 Å². The van der Waals surface area contributed by atoms with Gasteiger partial charge in [-0.1, -0.05) is 26.0 Å². The van der Waals surface area contributed by atoms with Crippen molar-refractivity contribution in [3.8, 4) is 0 Å². The highest BCUT2D eigenvalue weighted by Gasteiger charge is 2.11. The third-order valence-electron chi connectivity index (χ3n) is 3.29. The molecule has 0 aliphatic carbocycles. The van der Waals surface area contributed by atoms with Gasteiger partial charge in [0.05, 0.1) is 20.1 Å². The minimum absolute atomic E-state index is 0.0741. The summed E-state index contributed by atoms with van der Waals surface area (Å²) in [6.45, 7) is 5.53. The van der Waals surface area contributed by atoms with Gasteiger partial charge in [0.2, 0.25) is 5.91 Å². The number of hydrogen-bond donors (Lipinski definition) is 1. The Hall–Kier alpha value is -1.88. The first-order chi connectivity index (χ1) is 10.1. The first-order valence-corrected chi connectivity index (χ1v) is 7.27. The summed E-state index contributed by atoms with van der Waals surface area (Å²) < 4.78 is 4.61. The van der Waals surface area contributed by atoms with Crippen LogP contribution in [0.1, 0.15) is 25.8 Å². The molecule has 1 N–H and O–H groups in total. The van der Waals surface area contributed by atoms with Gasteiger partial charge < -0.3 is 10.1 Å². The van der Waals surface area contributed by atoms with Crippen LogP contribution in [0.3, 0.4) is 0 Å². The topological polar surface area (TPSA) is 58.6 Å². The van der Waals surface area contributed by atoms with Gasteiger partial charge in [0.1, 0.15) is 0 Å². The highest BCUT2D eigenvalue weighted by molar-refractivity contribution is 5.92. The number of carbonyl (C=O) groups excluding carboxylic acids is 2. The SMILES string of the molecule is CCc1cccc(NC(=O)CN(CC)CCC(=O)OC)c1. The minimum Gasteiger partial charge on any atom is -0.469 e. The van der Waals surface area contributed by atoms with E-state index in [4.69, 9.17) is 0 Å². The normalized spacial score (nSPS) is 10.5. The number of rotatable bonds is 8. The van der Waals surface area contributed by atoms with E-state index < -0.39 is 0 Å². The molecule has 5 heteroatoms. The number of esters is 1. The van der Waals surface area contributed by atoms with Gasteiger partial charge >= 0.3 is 5.97 Å². The van der Waals surface area contributed by atoms with Crippen molar-refractivity contribution in [3.63, 3.8) is 0 Å². The molecule has 0 radical (unpaired) electrons. The number of nitrogens with zero attached hydrogens (tertiary/aromatic N) is 1. The van der Waals surface area contributed by atoms with Crippen LogP contribution in [0.5, 0.6) is 0 Å². The van der Waals surface area contributed by atoms with Gasteiger partial charge in [0.25, 0.3) is 0 Å². The lowest BCUT2D eigenvalue weighted by molar-refractivity contribution is -0.141. The fourth-order valence-electron chi connectivity index (χ4n) is 1.97. The molecule has 0 aliphatic rings. The molecule has 0 aromatic heterocycles. The number of benzene rings is 1. The van der Waals surface area contributed by atoms with E-state index in [0.717, 1.165) is 12.1 Å². The quantitative estimate of drug-likeness (QED) is 0.745. The number of aryl methyl sites for hydroxylation is 1. The maximum absolute atomic E-state index is 12.0. The Morgan fingerprint density at radius 2 is 2.05 bits per heavy atom. The Morgan fingerprint density at radius 3 is 2.67 bits per heavy atom. The monoisotopic (exact) mass is 292 g/mol. The fourth-order valence-corrected chi connectivity index (χ4v) is 1.97. The average Bonchev–Trinajstić information content (AvgIpc) is 2.51. The molecule has 116 valence electrons. The fraction of sp³-hybridized carbons (Fsp3) is 0.500. The lowest BCUT2D eigenvalue weighted by Crippen LogP contribution is -2.34. The zero-order chi connectivity index (χ0) is 15.7. The van der Waals surface area contributed by atoms with Crippen LogP contribution in [0.25, 0.3) is 0 Å². The number of anilines is 1. The molecule has 0 fully saturated rings. The van der Waals surface area contributed by atoms with Crippen molar-refractivity contribution in [2.24, 2.45) is 0 Å². The predicted octanol–water partition coefficient (Wildman–Crippen LogP) is 2.07. The first-order valence-electron chi connectivity index (χ1n) is 7.27. The van der Waals surface area contributed by atoms with Gasteiger partial charge in [-0.25, -0.2) is 0 Å². The Bertz CT molecular complexity index is 474. The largest absolute Gasteiger partial charge is 0.469 e. The van der Waals surface area contributed by atoms with Crippen molar-refractivity contribution in [3.05, 3.63) is 29.8 Å². The summed E-state index contributed by atoms with van der Waals surface area (Å²) in [6.07, 6.45) is 1.23. The van der Waals surface area contributed by atoms with Crippen molar-refractivity contribution in [1.82, 2.24) is 4.90 Å². The second-order valence-corrected chi connectivity index (χ2v) is 4.80. The molecule has 1 rings (SSSR count). The molecule has 0 atom stereocenters. The molecule has 1 amide bonds. The molecule has 0 heterocycles. The van der Waals surface area contributed by atoms with E-state index >= 15 is 0 Å². The third kappa shape index (κ3) is 6.40. The minimum atomic E-state index is -0.260. The van der Waals surface area contributed by atoms with E-state index in [0.29, 0.717) is 19.5 Å². The van der Waals surface area contributed by atoms with E-state index in [1.54, 1.807) is 0 Å². The van der Waals surface area contributed by atoms with Gasteiger partial charge in [-0.3, -0.25) is 14.5 Å². The molecular weight excluding hydrogens is 268 g/mol. The maximum Gasteiger partial charge on any atom is 0.306 e. The van der Waals surface area contributed by atoms with Crippen LogP contribution in [0, 0.1) is 0 Å². The zero-order valence-corrected chi connectivity index (χ0v) is 13.0. The lowest BCUT2D eigenvalue weighted by atomic mass is 10.1. The van der Waals surface area contributed by atoms with Crippen LogP contribution in [-0.2, 0) is 20.7 Å². The maximum atomic E-state index is 12.0. The van der Waals surface area contributed by atoms with Gasteiger partial charge in [-0.05, 0) is 30.7 Å². The van der Waals surface area contributed by atoms with Crippen LogP contribution in [0.15, 0.2) is 24.3 Å². The van der Waals surface area contributed by atoms with Crippen LogP contribution in [-0.4, -0.2) is 43.5 Å². The molecule has 1 aromatic carbocycles. The van der Waals surface area contributed by atoms with Gasteiger partial charge in [0.15, 0.2) is 0 Å². The third-order valence-corrected chi connectivity index (χ3v) is 3.29. The van der Waals surface area contributed by atoms with Gasteiger partial charge in [-0.15, -0.1) is 0 Å². The van der Waals surface area contributed by atoms with E-state index in [9.17, 15) is 9.59 Å². The van der Waals surface area contributed by atoms with Crippen LogP contribution in [0.4, 0.5) is 5.69 Å². The summed E-state index contributed by atoms with van der Waals surface area (Å²) in [6, 6.07) is 7.82. The summed E-state index contributed by atoms with van der Waals surface area (Å²) in [4.78, 5) is 25.1. The molecule has 21 heavy (non-hydrogen) atoms. The number of nitrogens with one attached hydrogen (secondary N) is 1. The Kier molecular flexibility index (Phi) is 7.46. The van der Waals surface area contributed by atoms with Crippen LogP contribution < -0.4 is 5.32 Å². The first kappa shape index (κ1) is 17.2. The average molecular weight is 292 g/mol. The number of methoxy groups -OCH3 is 1. The van der Waals surface area contributed by atoms with Crippen molar-refractivity contribution < 1.29 is 14.3 Å². The molecule has 0 spiro atoms. The van der Waals surface area contributed by atoms with Crippen LogP contribution in [0.2, 0.25) is 0 Å². The number of ether oxygens (including phenoxy) is 1. The molecule has 0 aliphatic heterocycles. The lowest BCUT2D eigenvalue weighted by Gasteiger charge is -2.19. The van der Waals surface area contributed by atoms with Crippen molar-refractivity contribution >= 4 is 17.6 Å². The van der Waals surface area contributed by atoms with Crippen LogP contribution >= 0.6 is 0 Å². The molecule has 1 aromatic rings. The molecule has 0 saturated heterocycles. The molecule has 0 unspecified atom stereocenters. The predicted molar refractivity (Wildman–Crippen MR) is 83.2 cm³/mol. The number of carbonyl (C=O) groups is 2. The van der Waals surface area contributed by atoms with E-state index in [-0.39, 0.29) is 18.4 Å². The van der Waals surface area contributed by atoms with Gasteiger partial charge in [-0.2, -0.15) is 0 Å². The Balaban J connectivity index is 2.48. The summed E-state index contributed by atoms with van der Waals surface area (Å²) in [5.74, 6) is -0.334. The van der Waals surface area contributed by atoms with Crippen molar-refractivity contribution in [2.75, 3.05) is 32.1 Å². The summed E-state index contributed by atoms with van der Waals surface area (Å²) >= 11 is 0. The number of hydrogen-bond acceptors (Lipinski definition) is 4. The summed E-state index contributed by atoms with van der Waals surface area (Å²) in [5.41, 5.74) is 1.99. The molecule has 5 nitrogen and oxygen atoms in total. The van der Waals surface area contributed by atoms with E-state index in [2.05, 4.69) is 17.0 Å². The molecular formula is C16H24N2O3. The highest BCUT2D eigenvalue weighted by Crippen LogP contribution is 2.11. The van der Waals surface area contributed by atoms with E-state index in [1.807, 2.05) is 36.1 Å². The Labute approximate surface area is 126 Å². The number of likely N-dealkylation sites (N-methyl/N-ethyl adjacent to an activating group) is 1. The highest BCUT2D eigenvalue weighted by atomic mass is 16.5. The van der Waals surface area contributed by atoms with Gasteiger partial charge in [0, 0.05) is 12.2 Å². The second-order valence-electron chi connectivity index (χ2n) is 4.80. The zero-order valence-electron chi connectivity index (χ0n) is 13.0.